The molecule has 7 heteroatoms. The van der Waals surface area contributed by atoms with E-state index < -0.39 is 35.5 Å². The molecule has 1 aliphatic rings. The first-order valence-corrected chi connectivity index (χ1v) is 9.37. The second-order valence-electron chi connectivity index (χ2n) is 8.24. The first kappa shape index (κ1) is 21.6. The van der Waals surface area contributed by atoms with E-state index in [4.69, 9.17) is 14.2 Å². The number of benzene rings is 1. The van der Waals surface area contributed by atoms with Gasteiger partial charge in [0.15, 0.2) is 12.4 Å². The first-order chi connectivity index (χ1) is 12.3. The van der Waals surface area contributed by atoms with Crippen LogP contribution in [-0.4, -0.2) is 40.6 Å². The van der Waals surface area contributed by atoms with Gasteiger partial charge in [-0.05, 0) is 59.2 Å². The summed E-state index contributed by atoms with van der Waals surface area (Å²) in [6.45, 7) is 10.3. The number of hydrogen-bond donors (Lipinski definition) is 1. The Bertz CT molecular complexity index is 752. The average Bonchev–Trinajstić information content (AvgIpc) is 2.82. The smallest absolute Gasteiger partial charge is 0.340 e. The molecule has 148 valence electrons. The van der Waals surface area contributed by atoms with E-state index in [9.17, 15) is 14.7 Å². The zero-order valence-electron chi connectivity index (χ0n) is 16.3. The van der Waals surface area contributed by atoms with Crippen molar-refractivity contribution >= 4 is 33.4 Å². The van der Waals surface area contributed by atoms with Crippen LogP contribution < -0.4 is 0 Å². The van der Waals surface area contributed by atoms with Gasteiger partial charge >= 0.3 is 11.9 Å². The van der Waals surface area contributed by atoms with Crippen LogP contribution in [0.1, 0.15) is 47.1 Å². The van der Waals surface area contributed by atoms with E-state index in [1.807, 2.05) is 0 Å². The van der Waals surface area contributed by atoms with Crippen molar-refractivity contribution in [3.8, 4) is 0 Å². The number of esters is 2. The number of halogens is 1. The van der Waals surface area contributed by atoms with Crippen LogP contribution in [0.3, 0.4) is 0 Å². The number of rotatable bonds is 3. The molecule has 1 heterocycles. The van der Waals surface area contributed by atoms with Gasteiger partial charge in [0.25, 0.3) is 0 Å². The fourth-order valence-corrected chi connectivity index (χ4v) is 2.81. The molecule has 0 fully saturated rings. The van der Waals surface area contributed by atoms with E-state index in [0.29, 0.717) is 5.56 Å². The Morgan fingerprint density at radius 2 is 1.52 bits per heavy atom. The molecule has 27 heavy (non-hydrogen) atoms. The molecule has 1 aromatic carbocycles. The normalized spacial score (nSPS) is 20.6. The molecule has 2 rings (SSSR count). The lowest BCUT2D eigenvalue weighted by Gasteiger charge is -2.24. The summed E-state index contributed by atoms with van der Waals surface area (Å²) in [7, 11) is 0. The lowest BCUT2D eigenvalue weighted by atomic mass is 9.98. The zero-order chi connectivity index (χ0) is 20.6. The zero-order valence-corrected chi connectivity index (χ0v) is 17.9. The molecule has 0 saturated heterocycles. The molecule has 0 unspecified atom stereocenters. The minimum absolute atomic E-state index is 0.0472. The molecule has 0 amide bonds. The van der Waals surface area contributed by atoms with Crippen LogP contribution in [0.5, 0.6) is 0 Å². The van der Waals surface area contributed by atoms with Crippen molar-refractivity contribution in [3.63, 3.8) is 0 Å². The largest absolute Gasteiger partial charge is 0.458 e. The van der Waals surface area contributed by atoms with E-state index in [2.05, 4.69) is 15.9 Å². The van der Waals surface area contributed by atoms with E-state index >= 15 is 0 Å². The molecule has 0 radical (unpaired) electrons. The molecule has 1 aromatic rings. The molecule has 0 spiro atoms. The second kappa shape index (κ2) is 7.73. The summed E-state index contributed by atoms with van der Waals surface area (Å²) in [5.41, 5.74) is -0.842. The highest BCUT2D eigenvalue weighted by atomic mass is 79.9. The Hall–Kier alpha value is -1.70. The minimum Gasteiger partial charge on any atom is -0.458 e. The Kier molecular flexibility index (Phi) is 6.19. The van der Waals surface area contributed by atoms with Crippen LogP contribution in [0.2, 0.25) is 0 Å². The third kappa shape index (κ3) is 5.64. The summed E-state index contributed by atoms with van der Waals surface area (Å²) in [6.07, 6.45) is -2.82. The maximum absolute atomic E-state index is 12.8. The summed E-state index contributed by atoms with van der Waals surface area (Å²) in [6, 6.07) is 6.97. The van der Waals surface area contributed by atoms with Crippen molar-refractivity contribution in [2.45, 2.75) is 65.1 Å². The van der Waals surface area contributed by atoms with E-state index in [-0.39, 0.29) is 11.1 Å². The molecular formula is C20H25BrO6. The third-order valence-corrected chi connectivity index (χ3v) is 3.99. The standard InChI is InChI=1S/C20H25BrO6/c1-19(2,3)26-17(23)14-13(11-7-9-12(21)10-8-11)16(22)25-15(14)18(24)27-20(4,5)6/h7-10,15-16,22H,1-6H3/t15-,16-/m1/s1. The van der Waals surface area contributed by atoms with Gasteiger partial charge in [0.05, 0.1) is 5.57 Å². The number of hydrogen-bond acceptors (Lipinski definition) is 6. The molecule has 0 bridgehead atoms. The molecule has 6 nitrogen and oxygen atoms in total. The average molecular weight is 441 g/mol. The van der Waals surface area contributed by atoms with Gasteiger partial charge in [-0.25, -0.2) is 9.59 Å². The Balaban J connectivity index is 2.53. The van der Waals surface area contributed by atoms with E-state index in [0.717, 1.165) is 4.47 Å². The van der Waals surface area contributed by atoms with Gasteiger partial charge in [-0.2, -0.15) is 0 Å². The molecular weight excluding hydrogens is 416 g/mol. The summed E-state index contributed by atoms with van der Waals surface area (Å²) < 4.78 is 17.1. The molecule has 1 aliphatic heterocycles. The maximum atomic E-state index is 12.8. The summed E-state index contributed by atoms with van der Waals surface area (Å²) in [5.74, 6) is -1.48. The van der Waals surface area contributed by atoms with Crippen molar-refractivity contribution in [1.82, 2.24) is 0 Å². The predicted molar refractivity (Wildman–Crippen MR) is 104 cm³/mol. The lowest BCUT2D eigenvalue weighted by Crippen LogP contribution is -2.36. The Morgan fingerprint density at radius 1 is 1.00 bits per heavy atom. The molecule has 1 N–H and O–H groups in total. The predicted octanol–water partition coefficient (Wildman–Crippen LogP) is 3.60. The van der Waals surface area contributed by atoms with Crippen LogP contribution in [0.25, 0.3) is 5.57 Å². The molecule has 0 aliphatic carbocycles. The molecule has 0 aromatic heterocycles. The summed E-state index contributed by atoms with van der Waals surface area (Å²) >= 11 is 3.35. The number of carbonyl (C=O) groups is 2. The fraction of sp³-hybridized carbons (Fsp3) is 0.500. The van der Waals surface area contributed by atoms with Crippen LogP contribution in [-0.2, 0) is 23.8 Å². The third-order valence-electron chi connectivity index (χ3n) is 3.46. The quantitative estimate of drug-likeness (QED) is 0.722. The molecule has 2 atom stereocenters. The van der Waals surface area contributed by atoms with Gasteiger partial charge in [0, 0.05) is 10.0 Å². The van der Waals surface area contributed by atoms with Crippen molar-refractivity contribution in [3.05, 3.63) is 39.9 Å². The maximum Gasteiger partial charge on any atom is 0.340 e. The van der Waals surface area contributed by atoms with Gasteiger partial charge < -0.3 is 19.3 Å². The lowest BCUT2D eigenvalue weighted by molar-refractivity contribution is -0.176. The Morgan fingerprint density at radius 3 is 2.00 bits per heavy atom. The number of ether oxygens (including phenoxy) is 3. The van der Waals surface area contributed by atoms with Gasteiger partial charge in [-0.1, -0.05) is 28.1 Å². The topological polar surface area (TPSA) is 82.1 Å². The number of aliphatic hydroxyl groups excluding tert-OH is 1. The Labute approximate surface area is 167 Å². The van der Waals surface area contributed by atoms with Gasteiger partial charge in [-0.3, -0.25) is 0 Å². The SMILES string of the molecule is CC(C)(C)OC(=O)C1=C(c2ccc(Br)cc2)[C@H](O)O[C@H]1C(=O)OC(C)(C)C. The first-order valence-electron chi connectivity index (χ1n) is 8.58. The second-order valence-corrected chi connectivity index (χ2v) is 9.15. The van der Waals surface area contributed by atoms with Crippen molar-refractivity contribution < 1.29 is 28.9 Å². The van der Waals surface area contributed by atoms with Crippen LogP contribution in [0.15, 0.2) is 34.3 Å². The van der Waals surface area contributed by atoms with Crippen LogP contribution in [0, 0.1) is 0 Å². The van der Waals surface area contributed by atoms with E-state index in [1.165, 1.54) is 0 Å². The van der Waals surface area contributed by atoms with Crippen molar-refractivity contribution in [1.29, 1.82) is 0 Å². The monoisotopic (exact) mass is 440 g/mol. The van der Waals surface area contributed by atoms with Crippen LogP contribution >= 0.6 is 15.9 Å². The number of carbonyl (C=O) groups excluding carboxylic acids is 2. The number of aliphatic hydroxyl groups is 1. The van der Waals surface area contributed by atoms with Crippen LogP contribution in [0.4, 0.5) is 0 Å². The van der Waals surface area contributed by atoms with Crippen molar-refractivity contribution in [2.75, 3.05) is 0 Å². The van der Waals surface area contributed by atoms with Gasteiger partial charge in [-0.15, -0.1) is 0 Å². The highest BCUT2D eigenvalue weighted by Crippen LogP contribution is 2.36. The van der Waals surface area contributed by atoms with Gasteiger partial charge in [0.1, 0.15) is 11.2 Å². The minimum atomic E-state index is -1.45. The highest BCUT2D eigenvalue weighted by molar-refractivity contribution is 9.10. The van der Waals surface area contributed by atoms with E-state index in [1.54, 1.807) is 65.8 Å². The summed E-state index contributed by atoms with van der Waals surface area (Å²) in [5, 5.41) is 10.4. The highest BCUT2D eigenvalue weighted by Gasteiger charge is 2.45. The molecule has 0 saturated carbocycles. The fourth-order valence-electron chi connectivity index (χ4n) is 2.55. The van der Waals surface area contributed by atoms with Gasteiger partial charge in [0.2, 0.25) is 0 Å². The van der Waals surface area contributed by atoms with Crippen molar-refractivity contribution in [2.24, 2.45) is 0 Å². The summed E-state index contributed by atoms with van der Waals surface area (Å²) in [4.78, 5) is 25.5.